The van der Waals surface area contributed by atoms with Gasteiger partial charge in [-0.2, -0.15) is 0 Å². The summed E-state index contributed by atoms with van der Waals surface area (Å²) in [5, 5.41) is 70.1. The zero-order valence-electron chi connectivity index (χ0n) is 23.2. The molecule has 4 aliphatic rings. The number of fused-ring (bicyclic) bond motifs is 5. The standard InChI is InChI=1S/C32H34O9S2/c33-15-19-14-24(35)28(36)25(40-19)8-4-17-2-6-20-21-7-3-18(5-9-26-29(37)31(39)30(38)27(16-34)41-26)13-23(21)32(22(20)12-17)42-10-1-11-43-32/h2-3,6-7,12-13,19,24-31,33-39H,1,10-11,14-16H2/t19-,24-,25+,26+,27+,28-,29+,30+,31+/m0/s1. The Kier molecular flexibility index (Phi) is 9.14. The fraction of sp³-hybridized carbons (Fsp3) is 0.500. The summed E-state index contributed by atoms with van der Waals surface area (Å²) in [5.74, 6) is 14.0. The molecule has 7 N–H and O–H groups in total. The van der Waals surface area contributed by atoms with Gasteiger partial charge in [0, 0.05) is 17.5 Å². The molecule has 11 heteroatoms. The van der Waals surface area contributed by atoms with Gasteiger partial charge < -0.3 is 45.2 Å². The van der Waals surface area contributed by atoms with Gasteiger partial charge >= 0.3 is 0 Å². The lowest BCUT2D eigenvalue weighted by atomic mass is 9.95. The third-order valence-electron chi connectivity index (χ3n) is 8.30. The van der Waals surface area contributed by atoms with E-state index in [1.165, 1.54) is 0 Å². The molecule has 9 atom stereocenters. The average molecular weight is 627 g/mol. The topological polar surface area (TPSA) is 160 Å². The van der Waals surface area contributed by atoms with Gasteiger partial charge in [0.25, 0.3) is 0 Å². The van der Waals surface area contributed by atoms with E-state index in [0.717, 1.165) is 45.7 Å². The summed E-state index contributed by atoms with van der Waals surface area (Å²) in [5.41, 5.74) is 5.88. The first kappa shape index (κ1) is 30.9. The zero-order valence-corrected chi connectivity index (χ0v) is 24.8. The van der Waals surface area contributed by atoms with Crippen LogP contribution in [0.4, 0.5) is 0 Å². The van der Waals surface area contributed by atoms with Crippen molar-refractivity contribution < 1.29 is 45.2 Å². The lowest BCUT2D eigenvalue weighted by molar-refractivity contribution is -0.214. The van der Waals surface area contributed by atoms with Crippen molar-refractivity contribution in [3.63, 3.8) is 0 Å². The summed E-state index contributed by atoms with van der Waals surface area (Å²) in [4.78, 5) is 0. The molecule has 0 bridgehead atoms. The third-order valence-corrected chi connectivity index (χ3v) is 11.7. The van der Waals surface area contributed by atoms with Gasteiger partial charge in [0.1, 0.15) is 46.8 Å². The van der Waals surface area contributed by atoms with Gasteiger partial charge in [0.05, 0.1) is 25.4 Å². The number of aliphatic hydroxyl groups is 7. The predicted molar refractivity (Wildman–Crippen MR) is 162 cm³/mol. The van der Waals surface area contributed by atoms with Crippen LogP contribution in [0.25, 0.3) is 11.1 Å². The van der Waals surface area contributed by atoms with Gasteiger partial charge in [0.15, 0.2) is 0 Å². The van der Waals surface area contributed by atoms with E-state index in [9.17, 15) is 35.7 Å². The van der Waals surface area contributed by atoms with E-state index in [2.05, 4.69) is 29.7 Å². The summed E-state index contributed by atoms with van der Waals surface area (Å²) in [6.07, 6.45) is -8.86. The molecule has 0 radical (unpaired) electrons. The Hall–Kier alpha value is -2.10. The highest BCUT2D eigenvalue weighted by atomic mass is 32.2. The minimum absolute atomic E-state index is 0.152. The Balaban J connectivity index is 1.31. The fourth-order valence-corrected chi connectivity index (χ4v) is 9.43. The number of rotatable bonds is 2. The molecule has 0 amide bonds. The molecule has 2 aromatic rings. The highest BCUT2D eigenvalue weighted by molar-refractivity contribution is 8.18. The van der Waals surface area contributed by atoms with Crippen LogP contribution in [0.15, 0.2) is 36.4 Å². The summed E-state index contributed by atoms with van der Waals surface area (Å²) >= 11 is 3.73. The lowest BCUT2D eigenvalue weighted by Crippen LogP contribution is -2.58. The molecular formula is C32H34O9S2. The Labute approximate surface area is 258 Å². The number of thioether (sulfide) groups is 2. The van der Waals surface area contributed by atoms with Gasteiger partial charge in [-0.25, -0.2) is 0 Å². The van der Waals surface area contributed by atoms with Gasteiger partial charge in [-0.3, -0.25) is 0 Å². The summed E-state index contributed by atoms with van der Waals surface area (Å²) in [6.45, 7) is -0.770. The second-order valence-corrected chi connectivity index (χ2v) is 14.0. The largest absolute Gasteiger partial charge is 0.394 e. The van der Waals surface area contributed by atoms with E-state index in [1.807, 2.05) is 53.9 Å². The molecule has 228 valence electrons. The molecule has 0 aromatic heterocycles. The van der Waals surface area contributed by atoms with Gasteiger partial charge in [-0.1, -0.05) is 35.8 Å². The summed E-state index contributed by atoms with van der Waals surface area (Å²) in [6, 6.07) is 12.0. The van der Waals surface area contributed by atoms with Crippen LogP contribution in [0.5, 0.6) is 0 Å². The van der Waals surface area contributed by atoms with Crippen molar-refractivity contribution in [3.8, 4) is 34.8 Å². The molecule has 3 aliphatic heterocycles. The predicted octanol–water partition coefficient (Wildman–Crippen LogP) is 0.155. The Morgan fingerprint density at radius 2 is 1.30 bits per heavy atom. The Morgan fingerprint density at radius 3 is 1.86 bits per heavy atom. The van der Waals surface area contributed by atoms with Crippen molar-refractivity contribution in [2.24, 2.45) is 0 Å². The molecule has 0 unspecified atom stereocenters. The second kappa shape index (κ2) is 12.7. The van der Waals surface area contributed by atoms with Crippen LogP contribution in [0.1, 0.15) is 35.1 Å². The number of benzene rings is 2. The minimum Gasteiger partial charge on any atom is -0.394 e. The molecular weight excluding hydrogens is 592 g/mol. The molecule has 9 nitrogen and oxygen atoms in total. The summed E-state index contributed by atoms with van der Waals surface area (Å²) < 4.78 is 10.9. The normalized spacial score (nSPS) is 34.3. The van der Waals surface area contributed by atoms with Crippen LogP contribution in [-0.4, -0.2) is 115 Å². The Bertz CT molecular complexity index is 1470. The molecule has 3 heterocycles. The maximum atomic E-state index is 10.4. The van der Waals surface area contributed by atoms with E-state index < -0.39 is 61.5 Å². The average Bonchev–Trinajstić information content (AvgIpc) is 3.28. The Morgan fingerprint density at radius 1 is 0.721 bits per heavy atom. The zero-order chi connectivity index (χ0) is 30.3. The SMILES string of the molecule is OC[C@@H]1C[C@H](O)[C@H](O)[C@@H](C#Cc2ccc3c(c2)C2(SCCCS2)c2cc(C#C[C@H]4O[C@H](CO)[C@@H](O)[C@H](O)[C@@H]4O)ccc2-3)O1. The first-order valence-electron chi connectivity index (χ1n) is 14.3. The van der Waals surface area contributed by atoms with E-state index in [1.54, 1.807) is 0 Å². The van der Waals surface area contributed by atoms with E-state index in [-0.39, 0.29) is 17.1 Å². The van der Waals surface area contributed by atoms with Crippen molar-refractivity contribution in [1.82, 2.24) is 0 Å². The van der Waals surface area contributed by atoms with Gasteiger partial charge in [0.2, 0.25) is 0 Å². The van der Waals surface area contributed by atoms with Crippen molar-refractivity contribution >= 4 is 23.5 Å². The summed E-state index contributed by atoms with van der Waals surface area (Å²) in [7, 11) is 0. The van der Waals surface area contributed by atoms with Crippen molar-refractivity contribution in [1.29, 1.82) is 0 Å². The van der Waals surface area contributed by atoms with Crippen LogP contribution in [-0.2, 0) is 13.6 Å². The van der Waals surface area contributed by atoms with Gasteiger partial charge in [-0.15, -0.1) is 23.5 Å². The first-order valence-corrected chi connectivity index (χ1v) is 16.3. The second-order valence-electron chi connectivity index (χ2n) is 11.1. The molecule has 3 saturated heterocycles. The van der Waals surface area contributed by atoms with Crippen molar-refractivity contribution in [3.05, 3.63) is 58.7 Å². The number of hydrogen-bond acceptors (Lipinski definition) is 11. The van der Waals surface area contributed by atoms with Gasteiger partial charge in [-0.05, 0) is 64.4 Å². The van der Waals surface area contributed by atoms with Crippen LogP contribution in [0, 0.1) is 23.7 Å². The van der Waals surface area contributed by atoms with Crippen LogP contribution in [0.2, 0.25) is 0 Å². The van der Waals surface area contributed by atoms with Crippen molar-refractivity contribution in [2.75, 3.05) is 24.7 Å². The quantitative estimate of drug-likeness (QED) is 0.228. The molecule has 6 rings (SSSR count). The first-order chi connectivity index (χ1) is 20.8. The van der Waals surface area contributed by atoms with E-state index in [4.69, 9.17) is 9.47 Å². The third kappa shape index (κ3) is 5.74. The molecule has 2 aromatic carbocycles. The maximum absolute atomic E-state index is 10.4. The monoisotopic (exact) mass is 626 g/mol. The molecule has 3 fully saturated rings. The van der Waals surface area contributed by atoms with Crippen LogP contribution in [0.3, 0.4) is 0 Å². The molecule has 0 saturated carbocycles. The highest BCUT2D eigenvalue weighted by Gasteiger charge is 2.46. The van der Waals surface area contributed by atoms with Crippen LogP contribution >= 0.6 is 23.5 Å². The number of aliphatic hydroxyl groups excluding tert-OH is 7. The highest BCUT2D eigenvalue weighted by Crippen LogP contribution is 2.63. The number of ether oxygens (including phenoxy) is 2. The minimum atomic E-state index is -1.48. The molecule has 1 spiro atoms. The van der Waals surface area contributed by atoms with E-state index >= 15 is 0 Å². The van der Waals surface area contributed by atoms with E-state index in [0.29, 0.717) is 5.56 Å². The van der Waals surface area contributed by atoms with Crippen molar-refractivity contribution in [2.45, 2.75) is 71.9 Å². The smallest absolute Gasteiger partial charge is 0.147 e. The maximum Gasteiger partial charge on any atom is 0.147 e. The fourth-order valence-electron chi connectivity index (χ4n) is 5.97. The molecule has 43 heavy (non-hydrogen) atoms. The lowest BCUT2D eigenvalue weighted by Gasteiger charge is -2.37. The number of hydrogen-bond donors (Lipinski definition) is 7. The van der Waals surface area contributed by atoms with Crippen LogP contribution < -0.4 is 0 Å². The molecule has 1 aliphatic carbocycles.